The van der Waals surface area contributed by atoms with E-state index >= 15 is 0 Å². The molecule has 4 heteroatoms. The summed E-state index contributed by atoms with van der Waals surface area (Å²) >= 11 is 0. The van der Waals surface area contributed by atoms with Crippen molar-refractivity contribution in [2.24, 2.45) is 0 Å². The predicted octanol–water partition coefficient (Wildman–Crippen LogP) is 4.19. The highest BCUT2D eigenvalue weighted by atomic mass is 16.2. The predicted molar refractivity (Wildman–Crippen MR) is 105 cm³/mol. The SMILES string of the molecule is CCN(CC(=O)Nc1ccc(N2CCCC2)cc1C)C1CCCCC1. The zero-order valence-corrected chi connectivity index (χ0v) is 15.9. The van der Waals surface area contributed by atoms with Gasteiger partial charge in [-0.05, 0) is 62.9 Å². The Morgan fingerprint density at radius 3 is 2.52 bits per heavy atom. The molecule has 1 saturated heterocycles. The van der Waals surface area contributed by atoms with Crippen LogP contribution in [0.3, 0.4) is 0 Å². The molecular formula is C21H33N3O. The number of carbonyl (C=O) groups is 1. The van der Waals surface area contributed by atoms with E-state index in [9.17, 15) is 4.79 Å². The van der Waals surface area contributed by atoms with Crippen LogP contribution < -0.4 is 10.2 Å². The fourth-order valence-electron chi connectivity index (χ4n) is 4.28. The lowest BCUT2D eigenvalue weighted by atomic mass is 9.94. The van der Waals surface area contributed by atoms with Gasteiger partial charge in [-0.25, -0.2) is 0 Å². The number of rotatable bonds is 6. The number of nitrogens with zero attached hydrogens (tertiary/aromatic N) is 2. The topological polar surface area (TPSA) is 35.6 Å². The molecule has 1 aliphatic carbocycles. The lowest BCUT2D eigenvalue weighted by Gasteiger charge is -2.33. The first-order valence-corrected chi connectivity index (χ1v) is 10.1. The van der Waals surface area contributed by atoms with Gasteiger partial charge < -0.3 is 10.2 Å². The Labute approximate surface area is 152 Å². The Hall–Kier alpha value is -1.55. The minimum atomic E-state index is 0.115. The molecule has 2 aliphatic rings. The van der Waals surface area contributed by atoms with E-state index in [1.165, 1.54) is 50.6 Å². The summed E-state index contributed by atoms with van der Waals surface area (Å²) in [5, 5.41) is 3.13. The maximum atomic E-state index is 12.6. The van der Waals surface area contributed by atoms with Gasteiger partial charge in [-0.15, -0.1) is 0 Å². The van der Waals surface area contributed by atoms with Crippen molar-refractivity contribution in [1.82, 2.24) is 4.90 Å². The summed E-state index contributed by atoms with van der Waals surface area (Å²) in [6.45, 7) is 8.02. The largest absolute Gasteiger partial charge is 0.372 e. The highest BCUT2D eigenvalue weighted by Crippen LogP contribution is 2.26. The van der Waals surface area contributed by atoms with Crippen LogP contribution in [0.2, 0.25) is 0 Å². The molecule has 25 heavy (non-hydrogen) atoms. The van der Waals surface area contributed by atoms with Gasteiger partial charge in [-0.3, -0.25) is 9.69 Å². The zero-order valence-electron chi connectivity index (χ0n) is 15.9. The van der Waals surface area contributed by atoms with E-state index in [4.69, 9.17) is 0 Å². The molecular weight excluding hydrogens is 310 g/mol. The van der Waals surface area contributed by atoms with E-state index in [-0.39, 0.29) is 5.91 Å². The molecule has 1 N–H and O–H groups in total. The maximum absolute atomic E-state index is 12.6. The lowest BCUT2D eigenvalue weighted by Crippen LogP contribution is -2.41. The standard InChI is InChI=1S/C21H33N3O/c1-3-23(18-9-5-4-6-10-18)16-21(25)22-20-12-11-19(15-17(20)2)24-13-7-8-14-24/h11-12,15,18H,3-10,13-14,16H2,1-2H3,(H,22,25). The maximum Gasteiger partial charge on any atom is 0.238 e. The summed E-state index contributed by atoms with van der Waals surface area (Å²) in [5.74, 6) is 0.115. The summed E-state index contributed by atoms with van der Waals surface area (Å²) in [5.41, 5.74) is 3.39. The van der Waals surface area contributed by atoms with Crippen LogP contribution in [0.25, 0.3) is 0 Å². The van der Waals surface area contributed by atoms with Crippen LogP contribution in [0, 0.1) is 6.92 Å². The normalized spacial score (nSPS) is 18.8. The van der Waals surface area contributed by atoms with Crippen LogP contribution in [-0.2, 0) is 4.79 Å². The van der Waals surface area contributed by atoms with Gasteiger partial charge in [0.1, 0.15) is 0 Å². The molecule has 1 saturated carbocycles. The molecule has 0 atom stereocenters. The molecule has 0 spiro atoms. The number of anilines is 2. The number of benzene rings is 1. The first kappa shape index (κ1) is 18.2. The molecule has 0 bridgehead atoms. The second kappa shape index (κ2) is 8.70. The van der Waals surface area contributed by atoms with Crippen LogP contribution >= 0.6 is 0 Å². The van der Waals surface area contributed by atoms with Crippen molar-refractivity contribution >= 4 is 17.3 Å². The number of hydrogen-bond acceptors (Lipinski definition) is 3. The molecule has 138 valence electrons. The van der Waals surface area contributed by atoms with Crippen LogP contribution in [0.15, 0.2) is 18.2 Å². The Bertz CT molecular complexity index is 575. The number of carbonyl (C=O) groups excluding carboxylic acids is 1. The van der Waals surface area contributed by atoms with Gasteiger partial charge in [0, 0.05) is 30.5 Å². The number of hydrogen-bond donors (Lipinski definition) is 1. The lowest BCUT2D eigenvalue weighted by molar-refractivity contribution is -0.118. The summed E-state index contributed by atoms with van der Waals surface area (Å²) in [4.78, 5) is 17.3. The Kier molecular flexibility index (Phi) is 6.35. The molecule has 1 heterocycles. The quantitative estimate of drug-likeness (QED) is 0.841. The van der Waals surface area contributed by atoms with E-state index in [0.717, 1.165) is 30.9 Å². The van der Waals surface area contributed by atoms with Gasteiger partial charge in [0.15, 0.2) is 0 Å². The fourth-order valence-corrected chi connectivity index (χ4v) is 4.28. The number of likely N-dealkylation sites (N-methyl/N-ethyl adjacent to an activating group) is 1. The second-order valence-electron chi connectivity index (χ2n) is 7.60. The Morgan fingerprint density at radius 1 is 1.16 bits per heavy atom. The Balaban J connectivity index is 1.58. The van der Waals surface area contributed by atoms with Gasteiger partial charge >= 0.3 is 0 Å². The second-order valence-corrected chi connectivity index (χ2v) is 7.60. The minimum Gasteiger partial charge on any atom is -0.372 e. The highest BCUT2D eigenvalue weighted by molar-refractivity contribution is 5.93. The fraction of sp³-hybridized carbons (Fsp3) is 0.667. The molecule has 2 fully saturated rings. The van der Waals surface area contributed by atoms with Crippen LogP contribution in [0.1, 0.15) is 57.4 Å². The summed E-state index contributed by atoms with van der Waals surface area (Å²) < 4.78 is 0. The number of nitrogens with one attached hydrogen (secondary N) is 1. The highest BCUT2D eigenvalue weighted by Gasteiger charge is 2.22. The molecule has 4 nitrogen and oxygen atoms in total. The van der Waals surface area contributed by atoms with Crippen LogP contribution in [-0.4, -0.2) is 43.0 Å². The average molecular weight is 344 g/mol. The van der Waals surface area contributed by atoms with Gasteiger partial charge in [-0.1, -0.05) is 26.2 Å². The first-order valence-electron chi connectivity index (χ1n) is 10.1. The van der Waals surface area contributed by atoms with Gasteiger partial charge in [-0.2, -0.15) is 0 Å². The summed E-state index contributed by atoms with van der Waals surface area (Å²) in [6.07, 6.45) is 9.01. The van der Waals surface area contributed by atoms with Crippen molar-refractivity contribution < 1.29 is 4.79 Å². The molecule has 1 aliphatic heterocycles. The molecule has 1 amide bonds. The first-order chi connectivity index (χ1) is 12.2. The van der Waals surface area contributed by atoms with Crippen molar-refractivity contribution in [2.75, 3.05) is 36.4 Å². The van der Waals surface area contributed by atoms with Crippen molar-refractivity contribution in [2.45, 2.75) is 64.8 Å². The van der Waals surface area contributed by atoms with E-state index < -0.39 is 0 Å². The van der Waals surface area contributed by atoms with Gasteiger partial charge in [0.2, 0.25) is 5.91 Å². The Morgan fingerprint density at radius 2 is 1.88 bits per heavy atom. The van der Waals surface area contributed by atoms with E-state index in [0.29, 0.717) is 12.6 Å². The molecule has 0 unspecified atom stereocenters. The van der Waals surface area contributed by atoms with E-state index in [1.807, 2.05) is 0 Å². The third-order valence-corrected chi connectivity index (χ3v) is 5.80. The molecule has 1 aromatic rings. The smallest absolute Gasteiger partial charge is 0.238 e. The van der Waals surface area contributed by atoms with E-state index in [2.05, 4.69) is 47.2 Å². The van der Waals surface area contributed by atoms with E-state index in [1.54, 1.807) is 0 Å². The number of aryl methyl sites for hydroxylation is 1. The molecule has 0 aromatic heterocycles. The molecule has 1 aromatic carbocycles. The van der Waals surface area contributed by atoms with Crippen molar-refractivity contribution in [1.29, 1.82) is 0 Å². The molecule has 0 radical (unpaired) electrons. The zero-order chi connectivity index (χ0) is 17.6. The average Bonchev–Trinajstić information content (AvgIpc) is 3.17. The summed E-state index contributed by atoms with van der Waals surface area (Å²) in [6, 6.07) is 7.01. The van der Waals surface area contributed by atoms with Crippen LogP contribution in [0.4, 0.5) is 11.4 Å². The monoisotopic (exact) mass is 343 g/mol. The minimum absolute atomic E-state index is 0.115. The third kappa shape index (κ3) is 4.75. The number of amides is 1. The molecule has 3 rings (SSSR count). The van der Waals surface area contributed by atoms with Crippen molar-refractivity contribution in [3.05, 3.63) is 23.8 Å². The van der Waals surface area contributed by atoms with Gasteiger partial charge in [0.05, 0.1) is 6.54 Å². The van der Waals surface area contributed by atoms with Crippen molar-refractivity contribution in [3.8, 4) is 0 Å². The summed E-state index contributed by atoms with van der Waals surface area (Å²) in [7, 11) is 0. The van der Waals surface area contributed by atoms with Crippen molar-refractivity contribution in [3.63, 3.8) is 0 Å². The third-order valence-electron chi connectivity index (χ3n) is 5.80. The van der Waals surface area contributed by atoms with Crippen LogP contribution in [0.5, 0.6) is 0 Å². The van der Waals surface area contributed by atoms with Gasteiger partial charge in [0.25, 0.3) is 0 Å².